The van der Waals surface area contributed by atoms with Crippen LogP contribution in [-0.2, 0) is 11.2 Å². The molecule has 0 radical (unpaired) electrons. The van der Waals surface area contributed by atoms with E-state index in [-0.39, 0.29) is 6.42 Å². The molecule has 2 aromatic rings. The molecule has 0 bridgehead atoms. The molecular formula is C9H8N2O2. The molecule has 4 nitrogen and oxygen atoms in total. The molecule has 0 aliphatic carbocycles. The summed E-state index contributed by atoms with van der Waals surface area (Å²) in [5, 5.41) is 9.49. The van der Waals surface area contributed by atoms with E-state index in [1.165, 1.54) is 0 Å². The highest BCUT2D eigenvalue weighted by atomic mass is 16.4. The molecule has 0 saturated carbocycles. The van der Waals surface area contributed by atoms with Gasteiger partial charge in [-0.1, -0.05) is 0 Å². The number of carboxylic acids is 1. The Kier molecular flexibility index (Phi) is 1.73. The van der Waals surface area contributed by atoms with Crippen molar-refractivity contribution in [2.24, 2.45) is 0 Å². The van der Waals surface area contributed by atoms with Gasteiger partial charge in [-0.15, -0.1) is 0 Å². The fraction of sp³-hybridized carbons (Fsp3) is 0.111. The first-order chi connectivity index (χ1) is 6.27. The van der Waals surface area contributed by atoms with Crippen LogP contribution in [0.15, 0.2) is 24.7 Å². The number of aromatic amines is 1. The van der Waals surface area contributed by atoms with Crippen LogP contribution >= 0.6 is 0 Å². The number of aromatic nitrogens is 2. The standard InChI is InChI=1S/C9H8N2O2/c12-9(13)3-6-4-11-8-1-2-10-5-7(6)8/h1-2,4-5,11H,3H2,(H,12,13). The normalized spacial score (nSPS) is 10.5. The van der Waals surface area contributed by atoms with Crippen LogP contribution in [0.2, 0.25) is 0 Å². The molecular weight excluding hydrogens is 168 g/mol. The molecule has 0 atom stereocenters. The predicted molar refractivity (Wildman–Crippen MR) is 47.4 cm³/mol. The van der Waals surface area contributed by atoms with Gasteiger partial charge in [-0.25, -0.2) is 0 Å². The summed E-state index contributed by atoms with van der Waals surface area (Å²) in [6, 6.07) is 1.82. The summed E-state index contributed by atoms with van der Waals surface area (Å²) in [4.78, 5) is 17.4. The van der Waals surface area contributed by atoms with Crippen LogP contribution < -0.4 is 0 Å². The van der Waals surface area contributed by atoms with Crippen LogP contribution in [0.5, 0.6) is 0 Å². The zero-order valence-corrected chi connectivity index (χ0v) is 6.82. The lowest BCUT2D eigenvalue weighted by Gasteiger charge is -1.92. The number of pyridine rings is 1. The highest BCUT2D eigenvalue weighted by Gasteiger charge is 2.06. The summed E-state index contributed by atoms with van der Waals surface area (Å²) in [5.41, 5.74) is 1.70. The number of carbonyl (C=O) groups is 1. The van der Waals surface area contributed by atoms with Gasteiger partial charge in [-0.3, -0.25) is 9.78 Å². The van der Waals surface area contributed by atoms with Crippen LogP contribution in [0, 0.1) is 0 Å². The average Bonchev–Trinajstić information content (AvgIpc) is 2.48. The molecule has 0 saturated heterocycles. The predicted octanol–water partition coefficient (Wildman–Crippen LogP) is 1.19. The molecule has 0 aliphatic heterocycles. The minimum Gasteiger partial charge on any atom is -0.481 e. The summed E-state index contributed by atoms with van der Waals surface area (Å²) in [7, 11) is 0. The molecule has 0 fully saturated rings. The Morgan fingerprint density at radius 1 is 1.62 bits per heavy atom. The smallest absolute Gasteiger partial charge is 0.307 e. The Morgan fingerprint density at radius 2 is 2.46 bits per heavy atom. The van der Waals surface area contributed by atoms with E-state index in [1.807, 2.05) is 6.07 Å². The van der Waals surface area contributed by atoms with Crippen molar-refractivity contribution in [3.63, 3.8) is 0 Å². The minimum absolute atomic E-state index is 0.0334. The van der Waals surface area contributed by atoms with Crippen molar-refractivity contribution in [1.82, 2.24) is 9.97 Å². The van der Waals surface area contributed by atoms with Crippen molar-refractivity contribution in [2.45, 2.75) is 6.42 Å². The molecule has 0 amide bonds. The van der Waals surface area contributed by atoms with Crippen LogP contribution in [0.3, 0.4) is 0 Å². The maximum Gasteiger partial charge on any atom is 0.307 e. The van der Waals surface area contributed by atoms with Gasteiger partial charge in [0, 0.05) is 29.5 Å². The number of nitrogens with zero attached hydrogens (tertiary/aromatic N) is 1. The highest BCUT2D eigenvalue weighted by molar-refractivity contribution is 5.85. The Bertz CT molecular complexity index is 448. The van der Waals surface area contributed by atoms with Crippen LogP contribution in [0.4, 0.5) is 0 Å². The van der Waals surface area contributed by atoms with Gasteiger partial charge in [0.15, 0.2) is 0 Å². The molecule has 0 unspecified atom stereocenters. The topological polar surface area (TPSA) is 66.0 Å². The Balaban J connectivity index is 2.51. The number of nitrogens with one attached hydrogen (secondary N) is 1. The van der Waals surface area contributed by atoms with E-state index >= 15 is 0 Å². The van der Waals surface area contributed by atoms with Crippen LogP contribution in [-0.4, -0.2) is 21.0 Å². The second-order valence-electron chi connectivity index (χ2n) is 2.81. The number of rotatable bonds is 2. The fourth-order valence-corrected chi connectivity index (χ4v) is 1.33. The molecule has 2 rings (SSSR count). The van der Waals surface area contributed by atoms with E-state index in [2.05, 4.69) is 9.97 Å². The zero-order chi connectivity index (χ0) is 9.26. The Labute approximate surface area is 74.2 Å². The van der Waals surface area contributed by atoms with E-state index in [1.54, 1.807) is 18.6 Å². The first-order valence-electron chi connectivity index (χ1n) is 3.89. The first kappa shape index (κ1) is 7.79. The van der Waals surface area contributed by atoms with E-state index in [0.717, 1.165) is 16.5 Å². The first-order valence-corrected chi connectivity index (χ1v) is 3.89. The molecule has 0 aromatic carbocycles. The van der Waals surface area contributed by atoms with Crippen molar-refractivity contribution < 1.29 is 9.90 Å². The summed E-state index contributed by atoms with van der Waals surface area (Å²) in [6.07, 6.45) is 5.08. The number of fused-ring (bicyclic) bond motifs is 1. The third kappa shape index (κ3) is 1.38. The maximum atomic E-state index is 10.5. The maximum absolute atomic E-state index is 10.5. The van der Waals surface area contributed by atoms with Crippen molar-refractivity contribution >= 4 is 16.9 Å². The van der Waals surface area contributed by atoms with E-state index < -0.39 is 5.97 Å². The summed E-state index contributed by atoms with van der Waals surface area (Å²) in [6.45, 7) is 0. The van der Waals surface area contributed by atoms with Gasteiger partial charge in [-0.05, 0) is 11.6 Å². The third-order valence-electron chi connectivity index (χ3n) is 1.91. The second kappa shape index (κ2) is 2.90. The molecule has 0 spiro atoms. The lowest BCUT2D eigenvalue weighted by Crippen LogP contribution is -1.98. The highest BCUT2D eigenvalue weighted by Crippen LogP contribution is 2.16. The van der Waals surface area contributed by atoms with Gasteiger partial charge in [0.05, 0.1) is 6.42 Å². The van der Waals surface area contributed by atoms with Gasteiger partial charge >= 0.3 is 5.97 Å². The quantitative estimate of drug-likeness (QED) is 0.722. The molecule has 66 valence electrons. The van der Waals surface area contributed by atoms with Gasteiger partial charge < -0.3 is 10.1 Å². The van der Waals surface area contributed by atoms with Crippen molar-refractivity contribution in [2.75, 3.05) is 0 Å². The number of hydrogen-bond donors (Lipinski definition) is 2. The van der Waals surface area contributed by atoms with Gasteiger partial charge in [0.1, 0.15) is 0 Å². The van der Waals surface area contributed by atoms with Crippen molar-refractivity contribution in [3.8, 4) is 0 Å². The van der Waals surface area contributed by atoms with Crippen molar-refractivity contribution in [1.29, 1.82) is 0 Å². The Morgan fingerprint density at radius 3 is 3.23 bits per heavy atom. The van der Waals surface area contributed by atoms with E-state index in [9.17, 15) is 4.79 Å². The fourth-order valence-electron chi connectivity index (χ4n) is 1.33. The summed E-state index contributed by atoms with van der Waals surface area (Å²) < 4.78 is 0. The van der Waals surface area contributed by atoms with Gasteiger partial charge in [-0.2, -0.15) is 0 Å². The molecule has 0 aliphatic rings. The lowest BCUT2D eigenvalue weighted by molar-refractivity contribution is -0.136. The molecule has 2 heterocycles. The monoisotopic (exact) mass is 176 g/mol. The lowest BCUT2D eigenvalue weighted by atomic mass is 10.2. The third-order valence-corrected chi connectivity index (χ3v) is 1.91. The molecule has 2 aromatic heterocycles. The van der Waals surface area contributed by atoms with Crippen molar-refractivity contribution in [3.05, 3.63) is 30.2 Å². The molecule has 2 N–H and O–H groups in total. The van der Waals surface area contributed by atoms with E-state index in [0.29, 0.717) is 0 Å². The van der Waals surface area contributed by atoms with Gasteiger partial charge in [0.25, 0.3) is 0 Å². The summed E-state index contributed by atoms with van der Waals surface area (Å²) >= 11 is 0. The largest absolute Gasteiger partial charge is 0.481 e. The zero-order valence-electron chi connectivity index (χ0n) is 6.82. The van der Waals surface area contributed by atoms with E-state index in [4.69, 9.17) is 5.11 Å². The SMILES string of the molecule is O=C(O)Cc1c[nH]c2ccncc12. The number of carboxylic acid groups (broad SMARTS) is 1. The summed E-state index contributed by atoms with van der Waals surface area (Å²) in [5.74, 6) is -0.829. The van der Waals surface area contributed by atoms with Gasteiger partial charge in [0.2, 0.25) is 0 Å². The number of H-pyrrole nitrogens is 1. The number of hydrogen-bond acceptors (Lipinski definition) is 2. The van der Waals surface area contributed by atoms with Crippen LogP contribution in [0.1, 0.15) is 5.56 Å². The van der Waals surface area contributed by atoms with Crippen LogP contribution in [0.25, 0.3) is 10.9 Å². The second-order valence-corrected chi connectivity index (χ2v) is 2.81. The Hall–Kier alpha value is -1.84. The number of aliphatic carboxylic acids is 1. The average molecular weight is 176 g/mol. The molecule has 13 heavy (non-hydrogen) atoms. The molecule has 4 heteroatoms. The minimum atomic E-state index is -0.829.